The molecule has 0 aliphatic carbocycles. The van der Waals surface area contributed by atoms with Crippen molar-refractivity contribution in [2.45, 2.75) is 32.4 Å². The highest BCUT2D eigenvalue weighted by atomic mass is 15.2. The van der Waals surface area contributed by atoms with Crippen molar-refractivity contribution in [1.29, 1.82) is 0 Å². The van der Waals surface area contributed by atoms with Gasteiger partial charge in [-0.05, 0) is 20.3 Å². The number of nitrogens with zero attached hydrogens (tertiary/aromatic N) is 1. The number of nitrogens with one attached hydrogen (secondary N) is 1. The van der Waals surface area contributed by atoms with Crippen molar-refractivity contribution in [1.82, 2.24) is 10.6 Å². The summed E-state index contributed by atoms with van der Waals surface area (Å²) in [6.45, 7) is 6.50. The molecule has 0 aromatic rings. The van der Waals surface area contributed by atoms with Crippen molar-refractivity contribution in [3.63, 3.8) is 0 Å². The van der Waals surface area contributed by atoms with Gasteiger partial charge >= 0.3 is 0 Å². The molecule has 1 heterocycles. The molecule has 0 spiro atoms. The van der Waals surface area contributed by atoms with E-state index in [1.165, 1.54) is 0 Å². The Morgan fingerprint density at radius 2 is 2.22 bits per heavy atom. The Morgan fingerprint density at radius 1 is 1.56 bits per heavy atom. The van der Waals surface area contributed by atoms with Gasteiger partial charge in [0.05, 0.1) is 0 Å². The van der Waals surface area contributed by atoms with Crippen LogP contribution < -0.4 is 5.73 Å². The minimum atomic E-state index is 0.187. The minimum absolute atomic E-state index is 0.187. The molecule has 2 nitrogen and oxygen atoms in total. The molecule has 0 amide bonds. The fourth-order valence-electron chi connectivity index (χ4n) is 1.26. The molecule has 1 N–H and O–H groups in total. The lowest BCUT2D eigenvalue weighted by molar-refractivity contribution is 0.272. The molecule has 0 aromatic heterocycles. The standard InChI is InChI=1S/C7H15N2/c1-6(2)9-4-3-7(8)5-9/h6-8H,3-5H2,1-2H3. The Bertz CT molecular complexity index is 90.9. The first-order valence-electron chi connectivity index (χ1n) is 3.65. The summed E-state index contributed by atoms with van der Waals surface area (Å²) in [7, 11) is 0. The molecule has 1 atom stereocenters. The SMILES string of the molecule is CC(C)N1CCC([NH])C1. The van der Waals surface area contributed by atoms with Crippen LogP contribution in [0.25, 0.3) is 0 Å². The van der Waals surface area contributed by atoms with E-state index in [1.807, 2.05) is 0 Å². The molecule has 2 heteroatoms. The van der Waals surface area contributed by atoms with Gasteiger partial charge in [-0.3, -0.25) is 10.6 Å². The molecule has 53 valence electrons. The highest BCUT2D eigenvalue weighted by molar-refractivity contribution is 4.78. The molecule has 1 aliphatic rings. The van der Waals surface area contributed by atoms with E-state index in [0.29, 0.717) is 6.04 Å². The van der Waals surface area contributed by atoms with E-state index in [9.17, 15) is 0 Å². The van der Waals surface area contributed by atoms with Gasteiger partial charge in [0.15, 0.2) is 0 Å². The van der Waals surface area contributed by atoms with Gasteiger partial charge in [0, 0.05) is 25.2 Å². The Labute approximate surface area is 57.0 Å². The summed E-state index contributed by atoms with van der Waals surface area (Å²) in [5, 5.41) is 0. The van der Waals surface area contributed by atoms with E-state index in [4.69, 9.17) is 5.73 Å². The molecule has 1 aliphatic heterocycles. The predicted octanol–water partition coefficient (Wildman–Crippen LogP) is 0.752. The summed E-state index contributed by atoms with van der Waals surface area (Å²) in [6.07, 6.45) is 1.07. The molecule has 0 bridgehead atoms. The first-order chi connectivity index (χ1) is 4.20. The van der Waals surface area contributed by atoms with Crippen molar-refractivity contribution in [3.05, 3.63) is 0 Å². The van der Waals surface area contributed by atoms with E-state index >= 15 is 0 Å². The molecule has 1 fully saturated rings. The van der Waals surface area contributed by atoms with E-state index in [1.54, 1.807) is 0 Å². The lowest BCUT2D eigenvalue weighted by Gasteiger charge is -2.18. The van der Waals surface area contributed by atoms with Crippen LogP contribution in [0.3, 0.4) is 0 Å². The van der Waals surface area contributed by atoms with Crippen LogP contribution in [0.5, 0.6) is 0 Å². The number of rotatable bonds is 1. The van der Waals surface area contributed by atoms with Crippen LogP contribution in [0.4, 0.5) is 0 Å². The average molecular weight is 127 g/mol. The van der Waals surface area contributed by atoms with Crippen LogP contribution >= 0.6 is 0 Å². The third kappa shape index (κ3) is 1.66. The van der Waals surface area contributed by atoms with Crippen LogP contribution in [0.2, 0.25) is 0 Å². The third-order valence-electron chi connectivity index (χ3n) is 1.95. The Kier molecular flexibility index (Phi) is 2.09. The van der Waals surface area contributed by atoms with Gasteiger partial charge < -0.3 is 0 Å². The van der Waals surface area contributed by atoms with E-state index < -0.39 is 0 Å². The van der Waals surface area contributed by atoms with Crippen molar-refractivity contribution in [2.24, 2.45) is 0 Å². The van der Waals surface area contributed by atoms with Gasteiger partial charge in [-0.25, -0.2) is 0 Å². The molecule has 1 unspecified atom stereocenters. The van der Waals surface area contributed by atoms with Crippen LogP contribution in [0.1, 0.15) is 20.3 Å². The first kappa shape index (κ1) is 7.03. The van der Waals surface area contributed by atoms with Crippen LogP contribution in [-0.4, -0.2) is 30.1 Å². The third-order valence-corrected chi connectivity index (χ3v) is 1.95. The quantitative estimate of drug-likeness (QED) is 0.510. The predicted molar refractivity (Wildman–Crippen MR) is 38.2 cm³/mol. The van der Waals surface area contributed by atoms with E-state index in [-0.39, 0.29) is 6.04 Å². The molecule has 0 aromatic carbocycles. The van der Waals surface area contributed by atoms with Gasteiger partial charge in [0.1, 0.15) is 0 Å². The monoisotopic (exact) mass is 127 g/mol. The van der Waals surface area contributed by atoms with Crippen LogP contribution in [0.15, 0.2) is 0 Å². The average Bonchev–Trinajstić information content (AvgIpc) is 2.14. The second-order valence-corrected chi connectivity index (χ2v) is 3.07. The van der Waals surface area contributed by atoms with Crippen LogP contribution in [-0.2, 0) is 0 Å². The molecule has 1 rings (SSSR count). The maximum atomic E-state index is 7.41. The summed E-state index contributed by atoms with van der Waals surface area (Å²) in [4.78, 5) is 2.36. The lowest BCUT2D eigenvalue weighted by atomic mass is 10.3. The molecule has 1 saturated heterocycles. The summed E-state index contributed by atoms with van der Waals surface area (Å²) in [5.74, 6) is 0. The molecular formula is C7H15N2. The maximum Gasteiger partial charge on any atom is 0.0352 e. The second kappa shape index (κ2) is 2.67. The largest absolute Gasteiger partial charge is 0.299 e. The summed E-state index contributed by atoms with van der Waals surface area (Å²) in [6, 6.07) is 0.827. The fourth-order valence-corrected chi connectivity index (χ4v) is 1.26. The zero-order chi connectivity index (χ0) is 6.85. The smallest absolute Gasteiger partial charge is 0.0352 e. The Hall–Kier alpha value is -0.0800. The normalized spacial score (nSPS) is 30.0. The van der Waals surface area contributed by atoms with Crippen LogP contribution in [0, 0.1) is 0 Å². The molecular weight excluding hydrogens is 112 g/mol. The summed E-state index contributed by atoms with van der Waals surface area (Å²) >= 11 is 0. The highest BCUT2D eigenvalue weighted by Gasteiger charge is 2.20. The van der Waals surface area contributed by atoms with Gasteiger partial charge in [0.2, 0.25) is 0 Å². The van der Waals surface area contributed by atoms with Crippen molar-refractivity contribution in [3.8, 4) is 0 Å². The maximum absolute atomic E-state index is 7.41. The van der Waals surface area contributed by atoms with Crippen molar-refractivity contribution < 1.29 is 0 Å². The zero-order valence-electron chi connectivity index (χ0n) is 6.22. The molecule has 0 saturated carbocycles. The molecule has 1 radical (unpaired) electrons. The fraction of sp³-hybridized carbons (Fsp3) is 1.00. The van der Waals surface area contributed by atoms with Gasteiger partial charge in [-0.2, -0.15) is 0 Å². The van der Waals surface area contributed by atoms with E-state index in [2.05, 4.69) is 18.7 Å². The highest BCUT2D eigenvalue weighted by Crippen LogP contribution is 2.10. The number of likely N-dealkylation sites (tertiary alicyclic amines) is 1. The minimum Gasteiger partial charge on any atom is -0.299 e. The van der Waals surface area contributed by atoms with Gasteiger partial charge in [-0.15, -0.1) is 0 Å². The lowest BCUT2D eigenvalue weighted by Crippen LogP contribution is -2.29. The van der Waals surface area contributed by atoms with Crippen molar-refractivity contribution in [2.75, 3.05) is 13.1 Å². The summed E-state index contributed by atoms with van der Waals surface area (Å²) < 4.78 is 0. The Morgan fingerprint density at radius 3 is 2.44 bits per heavy atom. The second-order valence-electron chi connectivity index (χ2n) is 3.07. The van der Waals surface area contributed by atoms with Crippen molar-refractivity contribution >= 4 is 0 Å². The van der Waals surface area contributed by atoms with Gasteiger partial charge in [-0.1, -0.05) is 0 Å². The topological polar surface area (TPSA) is 27.0 Å². The Balaban J connectivity index is 2.30. The number of hydrogen-bond donors (Lipinski definition) is 0. The zero-order valence-corrected chi connectivity index (χ0v) is 6.22. The molecule has 9 heavy (non-hydrogen) atoms. The van der Waals surface area contributed by atoms with E-state index in [0.717, 1.165) is 19.5 Å². The number of hydrogen-bond acceptors (Lipinski definition) is 1. The van der Waals surface area contributed by atoms with Gasteiger partial charge in [0.25, 0.3) is 0 Å². The first-order valence-corrected chi connectivity index (χ1v) is 3.65. The summed E-state index contributed by atoms with van der Waals surface area (Å²) in [5.41, 5.74) is 7.41.